The predicted octanol–water partition coefficient (Wildman–Crippen LogP) is 6.66. The van der Waals surface area contributed by atoms with Crippen LogP contribution in [0.4, 0.5) is 0 Å². The normalized spacial score (nSPS) is 11.9. The van der Waals surface area contributed by atoms with Crippen LogP contribution in [0.15, 0.2) is 60.7 Å². The van der Waals surface area contributed by atoms with Gasteiger partial charge in [-0.1, -0.05) is 87.4 Å². The van der Waals surface area contributed by atoms with Crippen LogP contribution >= 0.6 is 0 Å². The van der Waals surface area contributed by atoms with E-state index in [2.05, 4.69) is 86.3 Å². The minimum Gasteiger partial charge on any atom is -0.300 e. The molecule has 0 heterocycles. The van der Waals surface area contributed by atoms with E-state index in [0.29, 0.717) is 0 Å². The molecule has 0 amide bonds. The van der Waals surface area contributed by atoms with Gasteiger partial charge in [-0.3, -0.25) is 4.90 Å². The summed E-state index contributed by atoms with van der Waals surface area (Å²) in [5, 5.41) is 0. The van der Waals surface area contributed by atoms with Crippen LogP contribution < -0.4 is 0 Å². The second-order valence-corrected chi connectivity index (χ2v) is 6.81. The zero-order valence-corrected chi connectivity index (χ0v) is 16.2. The van der Waals surface area contributed by atoms with E-state index in [0.717, 1.165) is 6.54 Å². The molecule has 0 aliphatic rings. The summed E-state index contributed by atoms with van der Waals surface area (Å²) in [6.45, 7) is 10.3. The Kier molecular flexibility index (Phi) is 8.48. The summed E-state index contributed by atoms with van der Waals surface area (Å²) in [4.78, 5) is 2.60. The first-order chi connectivity index (χ1) is 12.3. The lowest BCUT2D eigenvalue weighted by molar-refractivity contribution is 0.292. The van der Waals surface area contributed by atoms with Crippen LogP contribution in [0, 0.1) is 0 Å². The number of allylic oxidation sites excluding steroid dienone is 1. The van der Waals surface area contributed by atoms with Crippen LogP contribution in [0.3, 0.4) is 0 Å². The van der Waals surface area contributed by atoms with E-state index >= 15 is 0 Å². The lowest BCUT2D eigenvalue weighted by Crippen LogP contribution is -2.26. The molecule has 25 heavy (non-hydrogen) atoms. The van der Waals surface area contributed by atoms with Crippen LogP contribution in [0.5, 0.6) is 0 Å². The molecule has 0 unspecified atom stereocenters. The van der Waals surface area contributed by atoms with Gasteiger partial charge in [-0.2, -0.15) is 0 Å². The van der Waals surface area contributed by atoms with E-state index in [-0.39, 0.29) is 0 Å². The highest BCUT2D eigenvalue weighted by Gasteiger charge is 2.07. The van der Waals surface area contributed by atoms with Crippen molar-refractivity contribution in [2.24, 2.45) is 0 Å². The maximum atomic E-state index is 2.60. The zero-order valence-electron chi connectivity index (χ0n) is 16.2. The summed E-state index contributed by atoms with van der Waals surface area (Å²) in [5.41, 5.74) is 5.34. The van der Waals surface area contributed by atoms with Gasteiger partial charge in [0.25, 0.3) is 0 Å². The number of rotatable bonds is 10. The molecule has 0 spiro atoms. The molecule has 0 N–H and O–H groups in total. The molecule has 0 aliphatic heterocycles. The highest BCUT2D eigenvalue weighted by Crippen LogP contribution is 2.28. The Hall–Kier alpha value is -1.86. The summed E-state index contributed by atoms with van der Waals surface area (Å²) in [6.07, 6.45) is 7.52. The maximum Gasteiger partial charge on any atom is 0.0169 e. The van der Waals surface area contributed by atoms with Crippen molar-refractivity contribution in [3.05, 3.63) is 66.2 Å². The molecule has 0 fully saturated rings. The van der Waals surface area contributed by atoms with E-state index < -0.39 is 0 Å². The molecule has 0 bridgehead atoms. The van der Waals surface area contributed by atoms with Gasteiger partial charge >= 0.3 is 0 Å². The van der Waals surface area contributed by atoms with Gasteiger partial charge in [-0.05, 0) is 55.1 Å². The van der Waals surface area contributed by atoms with Crippen molar-refractivity contribution in [1.29, 1.82) is 0 Å². The van der Waals surface area contributed by atoms with Crippen molar-refractivity contribution in [3.63, 3.8) is 0 Å². The van der Waals surface area contributed by atoms with Crippen molar-refractivity contribution in [2.75, 3.05) is 19.6 Å². The van der Waals surface area contributed by atoms with Gasteiger partial charge in [0, 0.05) is 6.54 Å². The van der Waals surface area contributed by atoms with Crippen LogP contribution in [0.2, 0.25) is 0 Å². The molecule has 0 saturated carbocycles. The van der Waals surface area contributed by atoms with E-state index in [1.807, 2.05) is 0 Å². The minimum atomic E-state index is 1.05. The van der Waals surface area contributed by atoms with Crippen LogP contribution in [-0.4, -0.2) is 24.5 Å². The smallest absolute Gasteiger partial charge is 0.0169 e. The molecule has 1 heteroatoms. The summed E-state index contributed by atoms with van der Waals surface area (Å²) in [5.74, 6) is 0. The van der Waals surface area contributed by atoms with Crippen molar-refractivity contribution in [2.45, 2.75) is 46.5 Å². The average Bonchev–Trinajstić information content (AvgIpc) is 2.68. The van der Waals surface area contributed by atoms with Crippen LogP contribution in [0.25, 0.3) is 16.7 Å². The molecule has 0 radical (unpaired) electrons. The molecule has 2 aromatic rings. The first kappa shape index (κ1) is 19.5. The van der Waals surface area contributed by atoms with Crippen molar-refractivity contribution in [1.82, 2.24) is 4.90 Å². The van der Waals surface area contributed by atoms with E-state index in [4.69, 9.17) is 0 Å². The van der Waals surface area contributed by atoms with Crippen molar-refractivity contribution in [3.8, 4) is 11.1 Å². The molecule has 0 atom stereocenters. The fourth-order valence-electron chi connectivity index (χ4n) is 3.13. The molecule has 0 aromatic heterocycles. The lowest BCUT2D eigenvalue weighted by atomic mass is 9.95. The standard InChI is InChI=1S/C24H33N/c1-4-6-18-25(19-7-5-2)20-17-21(3)23-15-11-12-16-24(23)22-13-9-8-10-14-22/h8-17H,4-7,18-20H2,1-3H3. The quantitative estimate of drug-likeness (QED) is 0.469. The highest BCUT2D eigenvalue weighted by molar-refractivity contribution is 5.80. The fourth-order valence-corrected chi connectivity index (χ4v) is 3.13. The van der Waals surface area contributed by atoms with Gasteiger partial charge in [0.15, 0.2) is 0 Å². The Morgan fingerprint density at radius 2 is 1.44 bits per heavy atom. The lowest BCUT2D eigenvalue weighted by Gasteiger charge is -2.21. The third-order valence-corrected chi connectivity index (χ3v) is 4.75. The van der Waals surface area contributed by atoms with Crippen LogP contribution in [-0.2, 0) is 0 Å². The second kappa shape index (κ2) is 10.9. The Morgan fingerprint density at radius 3 is 2.08 bits per heavy atom. The monoisotopic (exact) mass is 335 g/mol. The third kappa shape index (κ3) is 6.17. The Labute approximate surface area is 154 Å². The molecule has 134 valence electrons. The molecule has 2 aromatic carbocycles. The topological polar surface area (TPSA) is 3.24 Å². The molecule has 2 rings (SSSR count). The number of unbranched alkanes of at least 4 members (excludes halogenated alkanes) is 2. The molecular weight excluding hydrogens is 302 g/mol. The van der Waals surface area contributed by atoms with Gasteiger partial charge in [0.1, 0.15) is 0 Å². The molecular formula is C24H33N. The summed E-state index contributed by atoms with van der Waals surface area (Å²) in [7, 11) is 0. The summed E-state index contributed by atoms with van der Waals surface area (Å²) in [6, 6.07) is 19.4. The van der Waals surface area contributed by atoms with Crippen LogP contribution in [0.1, 0.15) is 52.0 Å². The van der Waals surface area contributed by atoms with Crippen molar-refractivity contribution >= 4 is 5.57 Å². The van der Waals surface area contributed by atoms with Gasteiger partial charge in [-0.25, -0.2) is 0 Å². The highest BCUT2D eigenvalue weighted by atomic mass is 15.1. The first-order valence-electron chi connectivity index (χ1n) is 9.80. The Morgan fingerprint density at radius 1 is 0.840 bits per heavy atom. The summed E-state index contributed by atoms with van der Waals surface area (Å²) >= 11 is 0. The fraction of sp³-hybridized carbons (Fsp3) is 0.417. The average molecular weight is 336 g/mol. The number of hydrogen-bond acceptors (Lipinski definition) is 1. The number of hydrogen-bond donors (Lipinski definition) is 0. The van der Waals surface area contributed by atoms with Crippen molar-refractivity contribution < 1.29 is 0 Å². The Balaban J connectivity index is 2.16. The molecule has 0 saturated heterocycles. The third-order valence-electron chi connectivity index (χ3n) is 4.75. The Bertz CT molecular complexity index is 634. The number of benzene rings is 2. The zero-order chi connectivity index (χ0) is 17.9. The van der Waals surface area contributed by atoms with Gasteiger partial charge in [0.05, 0.1) is 0 Å². The second-order valence-electron chi connectivity index (χ2n) is 6.81. The first-order valence-corrected chi connectivity index (χ1v) is 9.80. The maximum absolute atomic E-state index is 2.60. The van der Waals surface area contributed by atoms with E-state index in [1.54, 1.807) is 0 Å². The number of nitrogens with zero attached hydrogens (tertiary/aromatic N) is 1. The van der Waals surface area contributed by atoms with E-state index in [9.17, 15) is 0 Å². The minimum absolute atomic E-state index is 1.05. The van der Waals surface area contributed by atoms with Gasteiger partial charge in [0.2, 0.25) is 0 Å². The van der Waals surface area contributed by atoms with Gasteiger partial charge < -0.3 is 0 Å². The largest absolute Gasteiger partial charge is 0.300 e. The summed E-state index contributed by atoms with van der Waals surface area (Å²) < 4.78 is 0. The predicted molar refractivity (Wildman–Crippen MR) is 112 cm³/mol. The van der Waals surface area contributed by atoms with E-state index in [1.165, 1.54) is 61.0 Å². The SMILES string of the molecule is CCCCN(CC=C(C)c1ccccc1-c1ccccc1)CCCC. The molecule has 0 aliphatic carbocycles. The molecule has 1 nitrogen and oxygen atoms in total. The van der Waals surface area contributed by atoms with Gasteiger partial charge in [-0.15, -0.1) is 0 Å².